The summed E-state index contributed by atoms with van der Waals surface area (Å²) in [6.45, 7) is 0.490. The van der Waals surface area contributed by atoms with E-state index in [2.05, 4.69) is 10.3 Å². The Bertz CT molecular complexity index is 1130. The molecule has 0 radical (unpaired) electrons. The number of nitrogens with zero attached hydrogens (tertiary/aromatic N) is 2. The van der Waals surface area contributed by atoms with Crippen molar-refractivity contribution in [3.8, 4) is 5.75 Å². The highest BCUT2D eigenvalue weighted by molar-refractivity contribution is 5.96. The standard InChI is InChI=1S/C22H17N3O3/c26-25(27)21-10-5-13-23-22(21)24-20-9-4-8-17-14-18(11-12-19(17)20)28-15-16-6-2-1-3-7-16/h1-14H,15H2,(H,23,24). The molecule has 0 atom stereocenters. The van der Waals surface area contributed by atoms with Crippen LogP contribution in [-0.2, 0) is 6.61 Å². The molecule has 1 N–H and O–H groups in total. The first-order chi connectivity index (χ1) is 13.7. The Kier molecular flexibility index (Phi) is 4.84. The zero-order chi connectivity index (χ0) is 19.3. The summed E-state index contributed by atoms with van der Waals surface area (Å²) >= 11 is 0. The van der Waals surface area contributed by atoms with Crippen molar-refractivity contribution in [3.63, 3.8) is 0 Å². The first-order valence-electron chi connectivity index (χ1n) is 8.76. The van der Waals surface area contributed by atoms with Crippen LogP contribution in [0.5, 0.6) is 5.75 Å². The third-order valence-corrected chi connectivity index (χ3v) is 4.34. The van der Waals surface area contributed by atoms with Crippen LogP contribution in [0.4, 0.5) is 17.2 Å². The number of hydrogen-bond acceptors (Lipinski definition) is 5. The molecule has 138 valence electrons. The highest BCUT2D eigenvalue weighted by atomic mass is 16.6. The maximum absolute atomic E-state index is 11.2. The SMILES string of the molecule is O=[N+]([O-])c1cccnc1Nc1cccc2cc(OCc3ccccc3)ccc12. The molecule has 4 rings (SSSR count). The molecule has 0 spiro atoms. The van der Waals surface area contributed by atoms with E-state index in [0.717, 1.165) is 27.8 Å². The van der Waals surface area contributed by atoms with Gasteiger partial charge in [-0.2, -0.15) is 0 Å². The van der Waals surface area contributed by atoms with Gasteiger partial charge in [-0.1, -0.05) is 42.5 Å². The average Bonchev–Trinajstić information content (AvgIpc) is 2.73. The Balaban J connectivity index is 1.60. The predicted molar refractivity (Wildman–Crippen MR) is 109 cm³/mol. The van der Waals surface area contributed by atoms with E-state index in [4.69, 9.17) is 4.74 Å². The van der Waals surface area contributed by atoms with Crippen LogP contribution in [0, 0.1) is 10.1 Å². The largest absolute Gasteiger partial charge is 0.489 e. The first kappa shape index (κ1) is 17.5. The van der Waals surface area contributed by atoms with Gasteiger partial charge in [0.1, 0.15) is 12.4 Å². The summed E-state index contributed by atoms with van der Waals surface area (Å²) in [7, 11) is 0. The van der Waals surface area contributed by atoms with Gasteiger partial charge >= 0.3 is 5.69 Å². The molecular weight excluding hydrogens is 354 g/mol. The molecule has 0 unspecified atom stereocenters. The normalized spacial score (nSPS) is 10.6. The molecule has 6 nitrogen and oxygen atoms in total. The fourth-order valence-corrected chi connectivity index (χ4v) is 2.97. The Morgan fingerprint density at radius 2 is 1.82 bits per heavy atom. The number of hydrogen-bond donors (Lipinski definition) is 1. The maximum atomic E-state index is 11.2. The van der Waals surface area contributed by atoms with Gasteiger partial charge in [0.05, 0.1) is 4.92 Å². The monoisotopic (exact) mass is 371 g/mol. The molecule has 3 aromatic carbocycles. The smallest absolute Gasteiger partial charge is 0.311 e. The van der Waals surface area contributed by atoms with Crippen LogP contribution in [0.1, 0.15) is 5.56 Å². The molecule has 0 aliphatic carbocycles. The second kappa shape index (κ2) is 7.75. The van der Waals surface area contributed by atoms with Gasteiger partial charge in [-0.05, 0) is 41.3 Å². The van der Waals surface area contributed by atoms with E-state index in [9.17, 15) is 10.1 Å². The fourth-order valence-electron chi connectivity index (χ4n) is 2.97. The summed E-state index contributed by atoms with van der Waals surface area (Å²) in [5, 5.41) is 16.2. The number of nitrogens with one attached hydrogen (secondary N) is 1. The van der Waals surface area contributed by atoms with Gasteiger partial charge in [0.2, 0.25) is 5.82 Å². The lowest BCUT2D eigenvalue weighted by Gasteiger charge is -2.11. The fraction of sp³-hybridized carbons (Fsp3) is 0.0455. The van der Waals surface area contributed by atoms with Gasteiger partial charge in [-0.15, -0.1) is 0 Å². The van der Waals surface area contributed by atoms with Gasteiger partial charge in [0.15, 0.2) is 0 Å². The minimum absolute atomic E-state index is 0.0673. The summed E-state index contributed by atoms with van der Waals surface area (Å²) in [4.78, 5) is 14.9. The number of anilines is 2. The van der Waals surface area contributed by atoms with Gasteiger partial charge in [0.25, 0.3) is 0 Å². The highest BCUT2D eigenvalue weighted by Crippen LogP contribution is 2.31. The number of nitro groups is 1. The molecule has 1 aromatic heterocycles. The molecule has 1 heterocycles. The zero-order valence-electron chi connectivity index (χ0n) is 14.9. The average molecular weight is 371 g/mol. The van der Waals surface area contributed by atoms with Crippen molar-refractivity contribution in [3.05, 3.63) is 101 Å². The van der Waals surface area contributed by atoms with E-state index in [0.29, 0.717) is 6.61 Å². The predicted octanol–water partition coefficient (Wildman–Crippen LogP) is 5.47. The lowest BCUT2D eigenvalue weighted by atomic mass is 10.1. The van der Waals surface area contributed by atoms with Gasteiger partial charge in [0, 0.05) is 23.3 Å². The first-order valence-corrected chi connectivity index (χ1v) is 8.76. The van der Waals surface area contributed by atoms with Crippen molar-refractivity contribution < 1.29 is 9.66 Å². The molecule has 28 heavy (non-hydrogen) atoms. The molecule has 0 saturated carbocycles. The van der Waals surface area contributed by atoms with Crippen LogP contribution in [0.25, 0.3) is 10.8 Å². The van der Waals surface area contributed by atoms with Gasteiger partial charge in [-0.25, -0.2) is 4.98 Å². The second-order valence-corrected chi connectivity index (χ2v) is 6.22. The van der Waals surface area contributed by atoms with E-state index >= 15 is 0 Å². The lowest BCUT2D eigenvalue weighted by molar-refractivity contribution is -0.384. The molecule has 0 saturated heterocycles. The van der Waals surface area contributed by atoms with E-state index in [1.807, 2.05) is 66.7 Å². The van der Waals surface area contributed by atoms with Crippen LogP contribution < -0.4 is 10.1 Å². The number of benzene rings is 3. The lowest BCUT2D eigenvalue weighted by Crippen LogP contribution is -2.00. The van der Waals surface area contributed by atoms with Crippen LogP contribution in [0.15, 0.2) is 85.1 Å². The van der Waals surface area contributed by atoms with Crippen molar-refractivity contribution in [2.45, 2.75) is 6.61 Å². The summed E-state index contributed by atoms with van der Waals surface area (Å²) in [5.41, 5.74) is 1.77. The molecular formula is C22H17N3O3. The summed E-state index contributed by atoms with van der Waals surface area (Å²) < 4.78 is 5.89. The second-order valence-electron chi connectivity index (χ2n) is 6.22. The van der Waals surface area contributed by atoms with E-state index in [-0.39, 0.29) is 11.5 Å². The van der Waals surface area contributed by atoms with Crippen molar-refractivity contribution in [1.82, 2.24) is 4.98 Å². The number of ether oxygens (including phenoxy) is 1. The topological polar surface area (TPSA) is 77.3 Å². The van der Waals surface area contributed by atoms with Crippen molar-refractivity contribution >= 4 is 28.0 Å². The molecule has 0 aliphatic rings. The van der Waals surface area contributed by atoms with Gasteiger partial charge < -0.3 is 10.1 Å². The van der Waals surface area contributed by atoms with E-state index in [1.165, 1.54) is 12.3 Å². The number of fused-ring (bicyclic) bond motifs is 1. The van der Waals surface area contributed by atoms with E-state index < -0.39 is 4.92 Å². The molecule has 4 aromatic rings. The minimum Gasteiger partial charge on any atom is -0.489 e. The number of pyridine rings is 1. The van der Waals surface area contributed by atoms with E-state index in [1.54, 1.807) is 6.07 Å². The minimum atomic E-state index is -0.448. The maximum Gasteiger partial charge on any atom is 0.311 e. The highest BCUT2D eigenvalue weighted by Gasteiger charge is 2.15. The summed E-state index contributed by atoms with van der Waals surface area (Å²) in [6.07, 6.45) is 1.52. The summed E-state index contributed by atoms with van der Waals surface area (Å²) in [5.74, 6) is 0.974. The van der Waals surface area contributed by atoms with Crippen LogP contribution in [-0.4, -0.2) is 9.91 Å². The van der Waals surface area contributed by atoms with Crippen LogP contribution >= 0.6 is 0 Å². The zero-order valence-corrected chi connectivity index (χ0v) is 14.9. The van der Waals surface area contributed by atoms with Gasteiger partial charge in [-0.3, -0.25) is 10.1 Å². The molecule has 0 fully saturated rings. The third-order valence-electron chi connectivity index (χ3n) is 4.34. The quantitative estimate of drug-likeness (QED) is 0.359. The number of aromatic nitrogens is 1. The molecule has 0 amide bonds. The van der Waals surface area contributed by atoms with Crippen molar-refractivity contribution in [1.29, 1.82) is 0 Å². The summed E-state index contributed by atoms with van der Waals surface area (Å²) in [6, 6.07) is 24.5. The van der Waals surface area contributed by atoms with Crippen molar-refractivity contribution in [2.24, 2.45) is 0 Å². The van der Waals surface area contributed by atoms with Crippen molar-refractivity contribution in [2.75, 3.05) is 5.32 Å². The van der Waals surface area contributed by atoms with Crippen LogP contribution in [0.3, 0.4) is 0 Å². The Labute approximate surface area is 161 Å². The number of rotatable bonds is 6. The third kappa shape index (κ3) is 3.76. The molecule has 0 aliphatic heterocycles. The Hall–Kier alpha value is -3.93. The molecule has 0 bridgehead atoms. The van der Waals surface area contributed by atoms with Crippen LogP contribution in [0.2, 0.25) is 0 Å². The Morgan fingerprint density at radius 3 is 2.64 bits per heavy atom. The molecule has 6 heteroatoms. The Morgan fingerprint density at radius 1 is 0.964 bits per heavy atom.